The van der Waals surface area contributed by atoms with Gasteiger partial charge in [0.1, 0.15) is 5.82 Å². The number of hydrogen-bond acceptors (Lipinski definition) is 6. The zero-order chi connectivity index (χ0) is 14.1. The summed E-state index contributed by atoms with van der Waals surface area (Å²) in [6.45, 7) is 2.02. The van der Waals surface area contributed by atoms with E-state index in [1.165, 1.54) is 0 Å². The molecule has 20 heavy (non-hydrogen) atoms. The van der Waals surface area contributed by atoms with Gasteiger partial charge in [0.05, 0.1) is 17.3 Å². The molecule has 0 radical (unpaired) electrons. The smallest absolute Gasteiger partial charge is 0.241 e. The van der Waals surface area contributed by atoms with E-state index in [1.807, 2.05) is 25.1 Å². The first-order valence-electron chi connectivity index (χ1n) is 5.89. The molecule has 0 unspecified atom stereocenters. The van der Waals surface area contributed by atoms with E-state index in [4.69, 9.17) is 5.84 Å². The van der Waals surface area contributed by atoms with Crippen LogP contribution in [0.1, 0.15) is 5.56 Å². The number of aryl methyl sites for hydroxylation is 1. The number of nitrogens with one attached hydrogen (secondary N) is 3. The van der Waals surface area contributed by atoms with E-state index >= 15 is 0 Å². The van der Waals surface area contributed by atoms with E-state index in [0.29, 0.717) is 17.4 Å². The average Bonchev–Trinajstić information content (AvgIpc) is 2.92. The minimum atomic E-state index is 0.313. The fraction of sp³-hybridized carbons (Fsp3) is 0.0833. The zero-order valence-corrected chi connectivity index (χ0v) is 12.2. The van der Waals surface area contributed by atoms with Crippen molar-refractivity contribution in [2.24, 2.45) is 5.84 Å². The molecule has 0 amide bonds. The van der Waals surface area contributed by atoms with Crippen molar-refractivity contribution in [2.45, 2.75) is 6.92 Å². The molecule has 102 valence electrons. The summed E-state index contributed by atoms with van der Waals surface area (Å²) in [4.78, 5) is 8.50. The van der Waals surface area contributed by atoms with Crippen LogP contribution in [0.15, 0.2) is 28.9 Å². The maximum atomic E-state index is 5.38. The van der Waals surface area contributed by atoms with Crippen LogP contribution < -0.4 is 16.6 Å². The van der Waals surface area contributed by atoms with Crippen LogP contribution in [0.4, 0.5) is 17.5 Å². The molecule has 0 aliphatic heterocycles. The maximum Gasteiger partial charge on any atom is 0.241 e. The first kappa shape index (κ1) is 12.8. The van der Waals surface area contributed by atoms with Gasteiger partial charge in [0, 0.05) is 4.47 Å². The Morgan fingerprint density at radius 2 is 2.15 bits per heavy atom. The summed E-state index contributed by atoms with van der Waals surface area (Å²) in [5.74, 6) is 6.32. The van der Waals surface area contributed by atoms with E-state index in [0.717, 1.165) is 21.1 Å². The Balaban J connectivity index is 2.10. The molecule has 8 heteroatoms. The minimum absolute atomic E-state index is 0.313. The normalized spacial score (nSPS) is 10.8. The van der Waals surface area contributed by atoms with E-state index in [2.05, 4.69) is 46.8 Å². The van der Waals surface area contributed by atoms with Gasteiger partial charge >= 0.3 is 0 Å². The maximum absolute atomic E-state index is 5.38. The van der Waals surface area contributed by atoms with Gasteiger partial charge in [-0.3, -0.25) is 10.5 Å². The number of hydrogen-bond donors (Lipinski definition) is 4. The Labute approximate surface area is 123 Å². The molecule has 0 aliphatic carbocycles. The predicted molar refractivity (Wildman–Crippen MR) is 81.7 cm³/mol. The van der Waals surface area contributed by atoms with Crippen molar-refractivity contribution in [3.8, 4) is 0 Å². The van der Waals surface area contributed by atoms with Crippen LogP contribution in [-0.2, 0) is 0 Å². The molecule has 2 heterocycles. The van der Waals surface area contributed by atoms with Crippen LogP contribution in [0.3, 0.4) is 0 Å². The number of nitrogens with two attached hydrogens (primary N) is 1. The minimum Gasteiger partial charge on any atom is -0.339 e. The van der Waals surface area contributed by atoms with Crippen LogP contribution in [0.5, 0.6) is 0 Å². The van der Waals surface area contributed by atoms with E-state index in [9.17, 15) is 0 Å². The third-order valence-corrected chi connectivity index (χ3v) is 3.94. The summed E-state index contributed by atoms with van der Waals surface area (Å²) in [5, 5.41) is 10.8. The van der Waals surface area contributed by atoms with Crippen LogP contribution in [0, 0.1) is 6.92 Å². The molecular weight excluding hydrogens is 322 g/mol. The number of aromatic nitrogens is 4. The fourth-order valence-electron chi connectivity index (χ4n) is 1.87. The largest absolute Gasteiger partial charge is 0.339 e. The predicted octanol–water partition coefficient (Wildman–Crippen LogP) is 2.45. The highest BCUT2D eigenvalue weighted by Gasteiger charge is 2.11. The van der Waals surface area contributed by atoms with Crippen molar-refractivity contribution in [3.63, 3.8) is 0 Å². The van der Waals surface area contributed by atoms with Gasteiger partial charge in [0.25, 0.3) is 0 Å². The van der Waals surface area contributed by atoms with Gasteiger partial charge in [0.15, 0.2) is 5.65 Å². The van der Waals surface area contributed by atoms with Gasteiger partial charge in [-0.1, -0.05) is 12.1 Å². The third kappa shape index (κ3) is 2.19. The monoisotopic (exact) mass is 333 g/mol. The number of aromatic amines is 1. The number of fused-ring (bicyclic) bond motifs is 1. The molecular formula is C12H12BrN7. The lowest BCUT2D eigenvalue weighted by atomic mass is 10.2. The molecule has 2 aromatic heterocycles. The first-order chi connectivity index (χ1) is 9.69. The first-order valence-corrected chi connectivity index (χ1v) is 6.68. The number of anilines is 3. The zero-order valence-electron chi connectivity index (χ0n) is 10.6. The summed E-state index contributed by atoms with van der Waals surface area (Å²) in [5.41, 5.74) is 5.09. The van der Waals surface area contributed by atoms with Gasteiger partial charge < -0.3 is 5.32 Å². The lowest BCUT2D eigenvalue weighted by molar-refractivity contribution is 1.08. The van der Waals surface area contributed by atoms with Crippen molar-refractivity contribution in [1.82, 2.24) is 20.2 Å². The topological polar surface area (TPSA) is 105 Å². The molecule has 3 rings (SSSR count). The Bertz CT molecular complexity index is 768. The third-order valence-electron chi connectivity index (χ3n) is 2.88. The number of nitrogens with zero attached hydrogens (tertiary/aromatic N) is 3. The summed E-state index contributed by atoms with van der Waals surface area (Å²) < 4.78 is 0.984. The van der Waals surface area contributed by atoms with Crippen molar-refractivity contribution in [1.29, 1.82) is 0 Å². The second-order valence-corrected chi connectivity index (χ2v) is 5.03. The second-order valence-electron chi connectivity index (χ2n) is 4.23. The number of H-pyrrole nitrogens is 1. The molecule has 3 aromatic rings. The summed E-state index contributed by atoms with van der Waals surface area (Å²) >= 11 is 3.56. The molecule has 0 fully saturated rings. The van der Waals surface area contributed by atoms with Crippen molar-refractivity contribution in [3.05, 3.63) is 34.4 Å². The van der Waals surface area contributed by atoms with Crippen molar-refractivity contribution < 1.29 is 0 Å². The SMILES string of the molecule is Cc1cccc(Nc2nc(NN)nc3[nH]ncc23)c1Br. The van der Waals surface area contributed by atoms with E-state index < -0.39 is 0 Å². The molecule has 7 nitrogen and oxygen atoms in total. The Hall–Kier alpha value is -2.19. The number of rotatable bonds is 3. The van der Waals surface area contributed by atoms with Gasteiger partial charge in [-0.25, -0.2) is 5.84 Å². The van der Waals surface area contributed by atoms with Gasteiger partial charge in [-0.05, 0) is 34.5 Å². The average molecular weight is 334 g/mol. The van der Waals surface area contributed by atoms with Crippen LogP contribution in [0.2, 0.25) is 0 Å². The highest BCUT2D eigenvalue weighted by molar-refractivity contribution is 9.10. The summed E-state index contributed by atoms with van der Waals surface area (Å²) in [6, 6.07) is 5.95. The molecule has 0 bridgehead atoms. The lowest BCUT2D eigenvalue weighted by Gasteiger charge is -2.11. The standard InChI is InChI=1S/C12H12BrN7/c1-6-3-2-4-8(9(6)13)16-10-7-5-15-20-11(7)18-12(17-10)19-14/h2-5H,14H2,1H3,(H3,15,16,17,18,19,20). The molecule has 0 saturated carbocycles. The molecule has 0 atom stereocenters. The van der Waals surface area contributed by atoms with Crippen LogP contribution in [-0.4, -0.2) is 20.2 Å². The van der Waals surface area contributed by atoms with Crippen LogP contribution in [0.25, 0.3) is 11.0 Å². The molecule has 0 spiro atoms. The second kappa shape index (κ2) is 5.06. The van der Waals surface area contributed by atoms with E-state index in [1.54, 1.807) is 6.20 Å². The van der Waals surface area contributed by atoms with Crippen molar-refractivity contribution in [2.75, 3.05) is 10.7 Å². The number of benzene rings is 1. The quantitative estimate of drug-likeness (QED) is 0.433. The van der Waals surface area contributed by atoms with Gasteiger partial charge in [0.2, 0.25) is 5.95 Å². The molecule has 5 N–H and O–H groups in total. The van der Waals surface area contributed by atoms with Crippen LogP contribution >= 0.6 is 15.9 Å². The van der Waals surface area contributed by atoms with E-state index in [-0.39, 0.29) is 0 Å². The Morgan fingerprint density at radius 3 is 2.95 bits per heavy atom. The van der Waals surface area contributed by atoms with Gasteiger partial charge in [-0.2, -0.15) is 15.1 Å². The Kier molecular flexibility index (Phi) is 3.25. The summed E-state index contributed by atoms with van der Waals surface area (Å²) in [6.07, 6.45) is 1.67. The number of hydrazine groups is 1. The fourth-order valence-corrected chi connectivity index (χ4v) is 2.23. The Morgan fingerprint density at radius 1 is 1.30 bits per heavy atom. The highest BCUT2D eigenvalue weighted by Crippen LogP contribution is 2.30. The molecule has 1 aromatic carbocycles. The number of halogens is 1. The van der Waals surface area contributed by atoms with Gasteiger partial charge in [-0.15, -0.1) is 0 Å². The highest BCUT2D eigenvalue weighted by atomic mass is 79.9. The molecule has 0 aliphatic rings. The summed E-state index contributed by atoms with van der Waals surface area (Å²) in [7, 11) is 0. The number of nitrogen functional groups attached to an aromatic ring is 1. The lowest BCUT2D eigenvalue weighted by Crippen LogP contribution is -2.11. The van der Waals surface area contributed by atoms with Crippen molar-refractivity contribution >= 4 is 44.4 Å². The molecule has 0 saturated heterocycles.